The Morgan fingerprint density at radius 1 is 0.926 bits per heavy atom. The first kappa shape index (κ1) is 16.3. The van der Waals surface area contributed by atoms with Crippen LogP contribution in [0, 0.1) is 0 Å². The summed E-state index contributed by atoms with van der Waals surface area (Å²) in [5.74, 6) is 0.605. The van der Waals surface area contributed by atoms with Gasteiger partial charge in [0.2, 0.25) is 5.56 Å². The van der Waals surface area contributed by atoms with Crippen LogP contribution in [0.2, 0.25) is 0 Å². The van der Waals surface area contributed by atoms with Gasteiger partial charge in [-0.25, -0.2) is 0 Å². The molecule has 2 aromatic heterocycles. The molecule has 4 nitrogen and oxygen atoms in total. The average molecular weight is 357 g/mol. The SMILES string of the molecule is O=c1cc(CN2CCC(c3c[nH]c4ccccc34)CC2)c2ccccc2[nH]1. The van der Waals surface area contributed by atoms with Crippen molar-refractivity contribution in [3.63, 3.8) is 0 Å². The molecule has 1 aliphatic heterocycles. The molecule has 1 aliphatic rings. The van der Waals surface area contributed by atoms with Crippen LogP contribution in [0.3, 0.4) is 0 Å². The Balaban J connectivity index is 1.34. The number of hydrogen-bond donors (Lipinski definition) is 2. The van der Waals surface area contributed by atoms with Crippen LogP contribution in [0.25, 0.3) is 21.8 Å². The van der Waals surface area contributed by atoms with Crippen LogP contribution >= 0.6 is 0 Å². The van der Waals surface area contributed by atoms with Crippen molar-refractivity contribution in [1.82, 2.24) is 14.9 Å². The summed E-state index contributed by atoms with van der Waals surface area (Å²) in [6, 6.07) is 18.4. The summed E-state index contributed by atoms with van der Waals surface area (Å²) in [6.07, 6.45) is 4.50. The molecule has 0 bridgehead atoms. The third-order valence-corrected chi connectivity index (χ3v) is 5.88. The number of hydrogen-bond acceptors (Lipinski definition) is 2. The largest absolute Gasteiger partial charge is 0.361 e. The van der Waals surface area contributed by atoms with Gasteiger partial charge in [-0.2, -0.15) is 0 Å². The molecular formula is C23H23N3O. The summed E-state index contributed by atoms with van der Waals surface area (Å²) in [6.45, 7) is 2.96. The first-order chi connectivity index (χ1) is 13.3. The van der Waals surface area contributed by atoms with E-state index < -0.39 is 0 Å². The molecule has 5 rings (SSSR count). The number of aromatic amines is 2. The maximum atomic E-state index is 12.0. The molecule has 27 heavy (non-hydrogen) atoms. The highest BCUT2D eigenvalue weighted by atomic mass is 16.1. The molecule has 136 valence electrons. The molecule has 0 radical (unpaired) electrons. The molecule has 2 N–H and O–H groups in total. The summed E-state index contributed by atoms with van der Waals surface area (Å²) < 4.78 is 0. The van der Waals surface area contributed by atoms with Crippen LogP contribution < -0.4 is 5.56 Å². The first-order valence-corrected chi connectivity index (χ1v) is 9.67. The fourth-order valence-corrected chi connectivity index (χ4v) is 4.48. The molecular weight excluding hydrogens is 334 g/mol. The van der Waals surface area contributed by atoms with Crippen molar-refractivity contribution >= 4 is 21.8 Å². The molecule has 0 saturated carbocycles. The minimum Gasteiger partial charge on any atom is -0.361 e. The Morgan fingerprint density at radius 2 is 1.63 bits per heavy atom. The van der Waals surface area contributed by atoms with E-state index in [9.17, 15) is 4.79 Å². The topological polar surface area (TPSA) is 51.9 Å². The lowest BCUT2D eigenvalue weighted by atomic mass is 9.89. The van der Waals surface area contributed by atoms with E-state index >= 15 is 0 Å². The number of aromatic nitrogens is 2. The Labute approximate surface area is 157 Å². The second kappa shape index (κ2) is 6.71. The predicted molar refractivity (Wildman–Crippen MR) is 110 cm³/mol. The van der Waals surface area contributed by atoms with Crippen molar-refractivity contribution in [1.29, 1.82) is 0 Å². The number of pyridine rings is 1. The first-order valence-electron chi connectivity index (χ1n) is 9.67. The summed E-state index contributed by atoms with van der Waals surface area (Å²) in [5, 5.41) is 2.51. The molecule has 2 aromatic carbocycles. The van der Waals surface area contributed by atoms with E-state index in [1.165, 1.54) is 16.5 Å². The van der Waals surface area contributed by atoms with E-state index in [1.807, 2.05) is 18.2 Å². The van der Waals surface area contributed by atoms with Crippen LogP contribution in [-0.2, 0) is 6.54 Å². The maximum absolute atomic E-state index is 12.0. The zero-order valence-electron chi connectivity index (χ0n) is 15.2. The second-order valence-electron chi connectivity index (χ2n) is 7.54. The van der Waals surface area contributed by atoms with Crippen molar-refractivity contribution in [2.24, 2.45) is 0 Å². The number of nitrogens with one attached hydrogen (secondary N) is 2. The number of likely N-dealkylation sites (tertiary alicyclic amines) is 1. The van der Waals surface area contributed by atoms with Gasteiger partial charge in [-0.15, -0.1) is 0 Å². The van der Waals surface area contributed by atoms with Crippen molar-refractivity contribution in [3.05, 3.63) is 82.3 Å². The lowest BCUT2D eigenvalue weighted by molar-refractivity contribution is 0.205. The Morgan fingerprint density at radius 3 is 2.44 bits per heavy atom. The van der Waals surface area contributed by atoms with Gasteiger partial charge in [0.25, 0.3) is 0 Å². The maximum Gasteiger partial charge on any atom is 0.248 e. The Bertz CT molecular complexity index is 1150. The lowest BCUT2D eigenvalue weighted by Gasteiger charge is -2.32. The molecule has 4 aromatic rings. The van der Waals surface area contributed by atoms with Crippen LogP contribution in [-0.4, -0.2) is 28.0 Å². The highest BCUT2D eigenvalue weighted by Gasteiger charge is 2.23. The number of rotatable bonds is 3. The third kappa shape index (κ3) is 3.06. The Hall–Kier alpha value is -2.85. The predicted octanol–water partition coefficient (Wildman–Crippen LogP) is 4.39. The average Bonchev–Trinajstić information content (AvgIpc) is 3.13. The number of para-hydroxylation sites is 2. The smallest absolute Gasteiger partial charge is 0.248 e. The van der Waals surface area contributed by atoms with Crippen LogP contribution in [0.15, 0.2) is 65.6 Å². The van der Waals surface area contributed by atoms with E-state index in [2.05, 4.69) is 51.4 Å². The fourth-order valence-electron chi connectivity index (χ4n) is 4.48. The van der Waals surface area contributed by atoms with E-state index in [1.54, 1.807) is 6.07 Å². The molecule has 0 aliphatic carbocycles. The summed E-state index contributed by atoms with van der Waals surface area (Å²) in [7, 11) is 0. The summed E-state index contributed by atoms with van der Waals surface area (Å²) >= 11 is 0. The summed E-state index contributed by atoms with van der Waals surface area (Å²) in [5.41, 5.74) is 4.71. The minimum atomic E-state index is -0.0163. The molecule has 0 atom stereocenters. The molecule has 0 unspecified atom stereocenters. The number of piperidine rings is 1. The zero-order chi connectivity index (χ0) is 18.2. The van der Waals surface area contributed by atoms with Gasteiger partial charge in [0.15, 0.2) is 0 Å². The van der Waals surface area contributed by atoms with Gasteiger partial charge in [-0.1, -0.05) is 36.4 Å². The van der Waals surface area contributed by atoms with Crippen LogP contribution in [0.4, 0.5) is 0 Å². The second-order valence-corrected chi connectivity index (χ2v) is 7.54. The molecule has 1 saturated heterocycles. The Kier molecular flexibility index (Phi) is 4.06. The van der Waals surface area contributed by atoms with Gasteiger partial charge in [0, 0.05) is 40.6 Å². The number of benzene rings is 2. The number of nitrogens with zero attached hydrogens (tertiary/aromatic N) is 1. The number of H-pyrrole nitrogens is 2. The van der Waals surface area contributed by atoms with Gasteiger partial charge in [-0.3, -0.25) is 9.69 Å². The normalized spacial score (nSPS) is 16.3. The van der Waals surface area contributed by atoms with Crippen LogP contribution in [0.1, 0.15) is 29.9 Å². The standard InChI is InChI=1S/C23H23N3O/c27-23-13-17(18-5-1-4-8-22(18)25-23)15-26-11-9-16(10-12-26)20-14-24-21-7-3-2-6-19(20)21/h1-8,13-14,16,24H,9-12,15H2,(H,25,27). The van der Waals surface area contributed by atoms with Gasteiger partial charge >= 0.3 is 0 Å². The van der Waals surface area contributed by atoms with Crippen molar-refractivity contribution in [2.45, 2.75) is 25.3 Å². The van der Waals surface area contributed by atoms with E-state index in [0.29, 0.717) is 5.92 Å². The fraction of sp³-hybridized carbons (Fsp3) is 0.261. The van der Waals surface area contributed by atoms with Gasteiger partial charge in [0.05, 0.1) is 0 Å². The van der Waals surface area contributed by atoms with Gasteiger partial charge < -0.3 is 9.97 Å². The summed E-state index contributed by atoms with van der Waals surface area (Å²) in [4.78, 5) is 20.8. The molecule has 4 heteroatoms. The van der Waals surface area contributed by atoms with Crippen molar-refractivity contribution in [2.75, 3.05) is 13.1 Å². The molecule has 0 spiro atoms. The van der Waals surface area contributed by atoms with E-state index in [0.717, 1.165) is 48.9 Å². The van der Waals surface area contributed by atoms with Crippen molar-refractivity contribution in [3.8, 4) is 0 Å². The number of fused-ring (bicyclic) bond motifs is 2. The quantitative estimate of drug-likeness (QED) is 0.571. The lowest BCUT2D eigenvalue weighted by Crippen LogP contribution is -2.32. The highest BCUT2D eigenvalue weighted by Crippen LogP contribution is 2.33. The molecule has 3 heterocycles. The van der Waals surface area contributed by atoms with E-state index in [4.69, 9.17) is 0 Å². The van der Waals surface area contributed by atoms with E-state index in [-0.39, 0.29) is 5.56 Å². The van der Waals surface area contributed by atoms with Gasteiger partial charge in [-0.05, 0) is 55.1 Å². The molecule has 1 fully saturated rings. The third-order valence-electron chi connectivity index (χ3n) is 5.88. The van der Waals surface area contributed by atoms with Crippen LogP contribution in [0.5, 0.6) is 0 Å². The zero-order valence-corrected chi connectivity index (χ0v) is 15.2. The molecule has 0 amide bonds. The monoisotopic (exact) mass is 357 g/mol. The minimum absolute atomic E-state index is 0.0163. The highest BCUT2D eigenvalue weighted by molar-refractivity contribution is 5.83. The van der Waals surface area contributed by atoms with Gasteiger partial charge in [0.1, 0.15) is 0 Å². The van der Waals surface area contributed by atoms with Crippen molar-refractivity contribution < 1.29 is 0 Å².